The van der Waals surface area contributed by atoms with Gasteiger partial charge in [-0.3, -0.25) is 9.59 Å². The van der Waals surface area contributed by atoms with Crippen molar-refractivity contribution in [2.45, 2.75) is 44.3 Å². The van der Waals surface area contributed by atoms with E-state index in [2.05, 4.69) is 9.69 Å². The van der Waals surface area contributed by atoms with E-state index in [-0.39, 0.29) is 29.1 Å². The summed E-state index contributed by atoms with van der Waals surface area (Å²) < 4.78 is 15.2. The summed E-state index contributed by atoms with van der Waals surface area (Å²) in [5, 5.41) is 3.69. The molecule has 1 aliphatic carbocycles. The quantitative estimate of drug-likeness (QED) is 0.214. The molecule has 0 aliphatic heterocycles. The third kappa shape index (κ3) is 6.37. The first kappa shape index (κ1) is 29.4. The van der Waals surface area contributed by atoms with Gasteiger partial charge in [0, 0.05) is 23.2 Å². The maximum Gasteiger partial charge on any atom is 0.268 e. The molecule has 4 aromatic rings. The zero-order chi connectivity index (χ0) is 29.6. The van der Waals surface area contributed by atoms with Crippen LogP contribution >= 0.6 is 23.1 Å². The number of nitrogens with two attached hydrogens (primary N) is 1. The first-order chi connectivity index (χ1) is 20.4. The lowest BCUT2D eigenvalue weighted by Crippen LogP contribution is -2.45. The number of ether oxygens (including phenoxy) is 2. The summed E-state index contributed by atoms with van der Waals surface area (Å²) in [5.41, 5.74) is 9.44. The van der Waals surface area contributed by atoms with Gasteiger partial charge < -0.3 is 25.4 Å². The fraction of sp³-hybridized carbons (Fsp3) is 0.281. The van der Waals surface area contributed by atoms with Crippen LogP contribution in [-0.4, -0.2) is 41.3 Å². The highest BCUT2D eigenvalue weighted by molar-refractivity contribution is 7.09. The van der Waals surface area contributed by atoms with Gasteiger partial charge in [0.25, 0.3) is 5.91 Å². The summed E-state index contributed by atoms with van der Waals surface area (Å²) in [4.78, 5) is 30.3. The van der Waals surface area contributed by atoms with Gasteiger partial charge in [-0.2, -0.15) is 4.37 Å². The number of nitrogens with zero attached hydrogens (tertiary/aromatic N) is 2. The maximum atomic E-state index is 14.5. The molecule has 3 aromatic carbocycles. The second-order valence-electron chi connectivity index (χ2n) is 10.2. The third-order valence-corrected chi connectivity index (χ3v) is 8.76. The normalized spacial score (nSPS) is 13.9. The SMILES string of the molecule is COc1ccc(-c2nsc(C(=O)N(Cc3ccccc3Cl)[C@@H](C(=O)NC3CCCC3)c3ccc(OC)cc3)c2N)cc1. The summed E-state index contributed by atoms with van der Waals surface area (Å²) in [6.45, 7) is 0.0858. The molecule has 2 amide bonds. The minimum absolute atomic E-state index is 0.0608. The molecule has 5 rings (SSSR count). The molecule has 1 atom stereocenters. The molecule has 42 heavy (non-hydrogen) atoms. The number of nitrogen functional groups attached to an aromatic ring is 1. The number of carbonyl (C=O) groups is 2. The second-order valence-corrected chi connectivity index (χ2v) is 11.4. The zero-order valence-electron chi connectivity index (χ0n) is 23.5. The van der Waals surface area contributed by atoms with Crippen molar-refractivity contribution in [1.82, 2.24) is 14.6 Å². The van der Waals surface area contributed by atoms with Crippen molar-refractivity contribution in [2.75, 3.05) is 20.0 Å². The van der Waals surface area contributed by atoms with Gasteiger partial charge in [-0.25, -0.2) is 0 Å². The van der Waals surface area contributed by atoms with E-state index in [1.807, 2.05) is 54.6 Å². The Bertz CT molecular complexity index is 1540. The second kappa shape index (κ2) is 13.3. The summed E-state index contributed by atoms with van der Waals surface area (Å²) in [5.74, 6) is 0.678. The Morgan fingerprint density at radius 3 is 2.24 bits per heavy atom. The first-order valence-corrected chi connectivity index (χ1v) is 14.9. The Balaban J connectivity index is 1.57. The third-order valence-electron chi connectivity index (χ3n) is 7.54. The van der Waals surface area contributed by atoms with Crippen LogP contribution in [0, 0.1) is 0 Å². The highest BCUT2D eigenvalue weighted by Gasteiger charge is 2.36. The number of carbonyl (C=O) groups excluding carboxylic acids is 2. The van der Waals surface area contributed by atoms with E-state index in [0.717, 1.165) is 42.8 Å². The van der Waals surface area contributed by atoms with Gasteiger partial charge in [0.1, 0.15) is 28.1 Å². The van der Waals surface area contributed by atoms with E-state index in [1.54, 1.807) is 32.4 Å². The Morgan fingerprint density at radius 2 is 1.62 bits per heavy atom. The van der Waals surface area contributed by atoms with Crippen LogP contribution in [0.3, 0.4) is 0 Å². The molecule has 8 nitrogen and oxygen atoms in total. The predicted octanol–water partition coefficient (Wildman–Crippen LogP) is 6.51. The minimum Gasteiger partial charge on any atom is -0.497 e. The van der Waals surface area contributed by atoms with Gasteiger partial charge >= 0.3 is 0 Å². The van der Waals surface area contributed by atoms with Crippen LogP contribution in [0.1, 0.15) is 52.5 Å². The number of hydrogen-bond donors (Lipinski definition) is 2. The van der Waals surface area contributed by atoms with E-state index in [9.17, 15) is 9.59 Å². The molecule has 3 N–H and O–H groups in total. The number of benzene rings is 3. The van der Waals surface area contributed by atoms with Crippen molar-refractivity contribution in [3.63, 3.8) is 0 Å². The zero-order valence-corrected chi connectivity index (χ0v) is 25.1. The lowest BCUT2D eigenvalue weighted by atomic mass is 10.0. The summed E-state index contributed by atoms with van der Waals surface area (Å²) in [6, 6.07) is 20.9. The van der Waals surface area contributed by atoms with E-state index in [1.165, 1.54) is 4.90 Å². The van der Waals surface area contributed by atoms with Crippen molar-refractivity contribution in [1.29, 1.82) is 0 Å². The minimum atomic E-state index is -0.953. The molecule has 1 aromatic heterocycles. The molecule has 0 spiro atoms. The smallest absolute Gasteiger partial charge is 0.268 e. The van der Waals surface area contributed by atoms with Gasteiger partial charge in [-0.1, -0.05) is 54.8 Å². The van der Waals surface area contributed by atoms with Crippen LogP contribution in [0.25, 0.3) is 11.3 Å². The van der Waals surface area contributed by atoms with Crippen LogP contribution in [-0.2, 0) is 11.3 Å². The number of rotatable bonds is 10. The van der Waals surface area contributed by atoms with Gasteiger partial charge in [0.2, 0.25) is 5.91 Å². The first-order valence-electron chi connectivity index (χ1n) is 13.8. The van der Waals surface area contributed by atoms with E-state index >= 15 is 0 Å². The highest BCUT2D eigenvalue weighted by Crippen LogP contribution is 2.36. The topological polar surface area (TPSA) is 107 Å². The molecule has 0 saturated heterocycles. The number of anilines is 1. The van der Waals surface area contributed by atoms with Crippen LogP contribution in [0.4, 0.5) is 5.69 Å². The molecule has 218 valence electrons. The number of methoxy groups -OCH3 is 2. The number of aromatic nitrogens is 1. The lowest BCUT2D eigenvalue weighted by Gasteiger charge is -2.32. The monoisotopic (exact) mass is 604 g/mol. The van der Waals surface area contributed by atoms with Crippen LogP contribution in [0.2, 0.25) is 5.02 Å². The Kier molecular flexibility index (Phi) is 9.29. The largest absolute Gasteiger partial charge is 0.497 e. The van der Waals surface area contributed by atoms with Crippen molar-refractivity contribution < 1.29 is 19.1 Å². The number of halogens is 1. The molecular formula is C32H33ClN4O4S. The molecule has 1 aliphatic rings. The highest BCUT2D eigenvalue weighted by atomic mass is 35.5. The fourth-order valence-corrected chi connectivity index (χ4v) is 6.21. The van der Waals surface area contributed by atoms with Crippen molar-refractivity contribution in [2.24, 2.45) is 0 Å². The van der Waals surface area contributed by atoms with Gasteiger partial charge in [-0.15, -0.1) is 0 Å². The number of amides is 2. The molecule has 1 heterocycles. The fourth-order valence-electron chi connectivity index (χ4n) is 5.24. The molecule has 1 fully saturated rings. The van der Waals surface area contributed by atoms with Crippen molar-refractivity contribution in [3.8, 4) is 22.8 Å². The van der Waals surface area contributed by atoms with Crippen LogP contribution in [0.15, 0.2) is 72.8 Å². The van der Waals surface area contributed by atoms with E-state index in [4.69, 9.17) is 26.8 Å². The Labute approximate surface area is 254 Å². The summed E-state index contributed by atoms with van der Waals surface area (Å²) >= 11 is 7.58. The average Bonchev–Trinajstić information content (AvgIpc) is 3.67. The Morgan fingerprint density at radius 1 is 1.00 bits per heavy atom. The van der Waals surface area contributed by atoms with Gasteiger partial charge in [0.05, 0.1) is 19.9 Å². The summed E-state index contributed by atoms with van der Waals surface area (Å²) in [6.07, 6.45) is 3.94. The van der Waals surface area contributed by atoms with Crippen molar-refractivity contribution in [3.05, 3.63) is 93.8 Å². The molecule has 0 radical (unpaired) electrons. The number of nitrogens with one attached hydrogen (secondary N) is 1. The van der Waals surface area contributed by atoms with Gasteiger partial charge in [-0.05, 0) is 78.0 Å². The van der Waals surface area contributed by atoms with Crippen LogP contribution in [0.5, 0.6) is 11.5 Å². The molecule has 0 bridgehead atoms. The molecule has 1 saturated carbocycles. The Hall–Kier alpha value is -4.08. The molecule has 0 unspecified atom stereocenters. The van der Waals surface area contributed by atoms with Crippen LogP contribution < -0.4 is 20.5 Å². The molecule has 10 heteroatoms. The maximum absolute atomic E-state index is 14.5. The summed E-state index contributed by atoms with van der Waals surface area (Å²) in [7, 11) is 3.18. The molecular weight excluding hydrogens is 572 g/mol. The average molecular weight is 605 g/mol. The van der Waals surface area contributed by atoms with Crippen molar-refractivity contribution >= 4 is 40.6 Å². The van der Waals surface area contributed by atoms with E-state index in [0.29, 0.717) is 33.3 Å². The van der Waals surface area contributed by atoms with Gasteiger partial charge in [0.15, 0.2) is 0 Å². The predicted molar refractivity (Wildman–Crippen MR) is 166 cm³/mol. The lowest BCUT2D eigenvalue weighted by molar-refractivity contribution is -0.126. The van der Waals surface area contributed by atoms with E-state index < -0.39 is 11.9 Å². The number of hydrogen-bond acceptors (Lipinski definition) is 7. The standard InChI is InChI=1S/C32H33ClN4O4S/c1-40-24-15-11-20(12-16-24)28-27(34)30(42-36-28)32(39)37(19-22-7-3-6-10-26(22)33)29(21-13-17-25(41-2)18-14-21)31(38)35-23-8-4-5-9-23/h3,6-7,10-18,23,29H,4-5,8-9,19,34H2,1-2H3,(H,35,38)/t29-/m1/s1.